The first kappa shape index (κ1) is 20.6. The molecule has 1 atom stereocenters. The molecule has 146 valence electrons. The Balaban J connectivity index is 1.88. The Kier molecular flexibility index (Phi) is 6.57. The first-order chi connectivity index (χ1) is 13.4. The van der Waals surface area contributed by atoms with E-state index < -0.39 is 5.25 Å². The topological polar surface area (TPSA) is 64.0 Å². The number of benzene rings is 2. The minimum atomic E-state index is -0.399. The largest absolute Gasteiger partial charge is 0.325 e. The summed E-state index contributed by atoms with van der Waals surface area (Å²) in [6, 6.07) is 13.1. The van der Waals surface area contributed by atoms with Gasteiger partial charge in [-0.15, -0.1) is 0 Å². The Morgan fingerprint density at radius 2 is 1.96 bits per heavy atom. The number of anilines is 1. The Morgan fingerprint density at radius 3 is 2.64 bits per heavy atom. The lowest BCUT2D eigenvalue weighted by Crippen LogP contribution is -2.27. The summed E-state index contributed by atoms with van der Waals surface area (Å²) in [6.07, 6.45) is 0.804. The van der Waals surface area contributed by atoms with E-state index in [0.29, 0.717) is 22.6 Å². The molecule has 1 aromatic heterocycles. The number of amides is 1. The molecular weight excluding hydrogens is 438 g/mol. The smallest absolute Gasteiger partial charge is 0.262 e. The monoisotopic (exact) mass is 459 g/mol. The van der Waals surface area contributed by atoms with Crippen LogP contribution in [0.4, 0.5) is 5.69 Å². The highest BCUT2D eigenvalue weighted by Gasteiger charge is 2.19. The Hall–Kier alpha value is -2.12. The average molecular weight is 460 g/mol. The first-order valence-corrected chi connectivity index (χ1v) is 10.8. The molecule has 0 aliphatic carbocycles. The molecule has 1 heterocycles. The number of carbonyl (C=O) groups is 1. The van der Waals surface area contributed by atoms with Gasteiger partial charge in [0.05, 0.1) is 16.2 Å². The van der Waals surface area contributed by atoms with Crippen LogP contribution in [0.15, 0.2) is 56.9 Å². The summed E-state index contributed by atoms with van der Waals surface area (Å²) in [5, 5.41) is 3.66. The minimum Gasteiger partial charge on any atom is -0.325 e. The van der Waals surface area contributed by atoms with Crippen LogP contribution < -0.4 is 10.9 Å². The van der Waals surface area contributed by atoms with Crippen molar-refractivity contribution in [3.63, 3.8) is 0 Å². The number of halogens is 1. The molecule has 1 N–H and O–H groups in total. The van der Waals surface area contributed by atoms with Crippen molar-refractivity contribution in [2.75, 3.05) is 5.32 Å². The third-order valence-electron chi connectivity index (χ3n) is 4.30. The van der Waals surface area contributed by atoms with E-state index in [-0.39, 0.29) is 11.5 Å². The van der Waals surface area contributed by atoms with Gasteiger partial charge in [0.25, 0.3) is 5.56 Å². The fourth-order valence-electron chi connectivity index (χ4n) is 2.78. The van der Waals surface area contributed by atoms with Gasteiger partial charge in [-0.25, -0.2) is 4.98 Å². The molecule has 2 aromatic carbocycles. The quantitative estimate of drug-likeness (QED) is 0.416. The summed E-state index contributed by atoms with van der Waals surface area (Å²) in [5.41, 5.74) is 2.44. The van der Waals surface area contributed by atoms with Crippen molar-refractivity contribution < 1.29 is 4.79 Å². The molecule has 0 spiro atoms. The normalized spacial score (nSPS) is 12.1. The molecule has 0 bridgehead atoms. The van der Waals surface area contributed by atoms with Gasteiger partial charge in [0.2, 0.25) is 5.91 Å². The van der Waals surface area contributed by atoms with Gasteiger partial charge in [-0.1, -0.05) is 52.3 Å². The van der Waals surface area contributed by atoms with Gasteiger partial charge in [0.1, 0.15) is 0 Å². The van der Waals surface area contributed by atoms with E-state index in [2.05, 4.69) is 26.2 Å². The van der Waals surface area contributed by atoms with E-state index in [1.807, 2.05) is 57.2 Å². The molecule has 0 radical (unpaired) electrons. The predicted octanol–water partition coefficient (Wildman–Crippen LogP) is 5.00. The van der Waals surface area contributed by atoms with Crippen molar-refractivity contribution >= 4 is 50.2 Å². The lowest BCUT2D eigenvalue weighted by atomic mass is 10.2. The zero-order valence-corrected chi connectivity index (χ0v) is 18.4. The van der Waals surface area contributed by atoms with Crippen molar-refractivity contribution in [3.8, 4) is 0 Å². The van der Waals surface area contributed by atoms with Gasteiger partial charge in [-0.2, -0.15) is 0 Å². The van der Waals surface area contributed by atoms with Gasteiger partial charge in [0.15, 0.2) is 5.16 Å². The Bertz CT molecular complexity index is 1060. The molecule has 0 aliphatic rings. The Morgan fingerprint density at radius 1 is 1.25 bits per heavy atom. The Labute approximate surface area is 176 Å². The van der Waals surface area contributed by atoms with Crippen molar-refractivity contribution in [2.45, 2.75) is 44.1 Å². The van der Waals surface area contributed by atoms with Crippen LogP contribution in [-0.4, -0.2) is 20.7 Å². The third-order valence-corrected chi connectivity index (χ3v) is 5.88. The number of aryl methyl sites for hydroxylation is 1. The molecular formula is C21H22BrN3O2S. The highest BCUT2D eigenvalue weighted by atomic mass is 79.9. The number of carbonyl (C=O) groups excluding carboxylic acids is 1. The van der Waals surface area contributed by atoms with E-state index in [1.165, 1.54) is 11.8 Å². The van der Waals surface area contributed by atoms with Crippen LogP contribution in [0.3, 0.4) is 0 Å². The van der Waals surface area contributed by atoms with E-state index in [1.54, 1.807) is 10.6 Å². The molecule has 7 heteroatoms. The third kappa shape index (κ3) is 4.64. The van der Waals surface area contributed by atoms with Gasteiger partial charge >= 0.3 is 0 Å². The van der Waals surface area contributed by atoms with Crippen molar-refractivity contribution in [3.05, 3.63) is 62.9 Å². The standard InChI is InChI=1S/C21H22BrN3O2S/c1-4-11-25-20(27)17-12-15(22)7-10-18(17)24-21(25)28-14(3)19(26)23-16-8-5-13(2)6-9-16/h5-10,12,14H,4,11H2,1-3H3,(H,23,26). The van der Waals surface area contributed by atoms with Gasteiger partial charge in [-0.05, 0) is 50.6 Å². The van der Waals surface area contributed by atoms with Crippen molar-refractivity contribution in [1.29, 1.82) is 0 Å². The van der Waals surface area contributed by atoms with Gasteiger partial charge in [-0.3, -0.25) is 14.2 Å². The molecule has 28 heavy (non-hydrogen) atoms. The molecule has 3 rings (SSSR count). The molecule has 0 saturated heterocycles. The highest BCUT2D eigenvalue weighted by Crippen LogP contribution is 2.25. The predicted molar refractivity (Wildman–Crippen MR) is 119 cm³/mol. The summed E-state index contributed by atoms with van der Waals surface area (Å²) >= 11 is 4.71. The number of hydrogen-bond acceptors (Lipinski definition) is 4. The van der Waals surface area contributed by atoms with Crippen LogP contribution >= 0.6 is 27.7 Å². The maximum Gasteiger partial charge on any atom is 0.262 e. The van der Waals surface area contributed by atoms with E-state index in [4.69, 9.17) is 0 Å². The summed E-state index contributed by atoms with van der Waals surface area (Å²) < 4.78 is 2.50. The van der Waals surface area contributed by atoms with Crippen LogP contribution in [0, 0.1) is 6.92 Å². The number of thioether (sulfide) groups is 1. The number of nitrogens with one attached hydrogen (secondary N) is 1. The molecule has 5 nitrogen and oxygen atoms in total. The molecule has 3 aromatic rings. The van der Waals surface area contributed by atoms with E-state index in [9.17, 15) is 9.59 Å². The average Bonchev–Trinajstić information content (AvgIpc) is 2.67. The second-order valence-electron chi connectivity index (χ2n) is 6.63. The maximum atomic E-state index is 13.0. The number of hydrogen-bond donors (Lipinski definition) is 1. The van der Waals surface area contributed by atoms with Crippen molar-refractivity contribution in [1.82, 2.24) is 9.55 Å². The minimum absolute atomic E-state index is 0.0817. The summed E-state index contributed by atoms with van der Waals surface area (Å²) in [5.74, 6) is -0.123. The SMILES string of the molecule is CCCn1c(SC(C)C(=O)Nc2ccc(C)cc2)nc2ccc(Br)cc2c1=O. The fourth-order valence-corrected chi connectivity index (χ4v) is 4.07. The number of aromatic nitrogens is 2. The first-order valence-electron chi connectivity index (χ1n) is 9.13. The van der Waals surface area contributed by atoms with Crippen LogP contribution in [0.1, 0.15) is 25.8 Å². The highest BCUT2D eigenvalue weighted by molar-refractivity contribution is 9.10. The summed E-state index contributed by atoms with van der Waals surface area (Å²) in [7, 11) is 0. The summed E-state index contributed by atoms with van der Waals surface area (Å²) in [4.78, 5) is 30.2. The number of nitrogens with zero attached hydrogens (tertiary/aromatic N) is 2. The van der Waals surface area contributed by atoms with Crippen LogP contribution in [0.2, 0.25) is 0 Å². The van der Waals surface area contributed by atoms with Crippen LogP contribution in [0.5, 0.6) is 0 Å². The zero-order valence-electron chi connectivity index (χ0n) is 16.0. The molecule has 1 amide bonds. The fraction of sp³-hybridized carbons (Fsp3) is 0.286. The second-order valence-corrected chi connectivity index (χ2v) is 8.85. The second kappa shape index (κ2) is 8.92. The number of rotatable bonds is 6. The molecule has 1 unspecified atom stereocenters. The lowest BCUT2D eigenvalue weighted by Gasteiger charge is -2.16. The van der Waals surface area contributed by atoms with Crippen LogP contribution in [-0.2, 0) is 11.3 Å². The molecule has 0 saturated carbocycles. The zero-order chi connectivity index (χ0) is 20.3. The lowest BCUT2D eigenvalue weighted by molar-refractivity contribution is -0.115. The summed E-state index contributed by atoms with van der Waals surface area (Å²) in [6.45, 7) is 6.39. The van der Waals surface area contributed by atoms with Crippen molar-refractivity contribution in [2.24, 2.45) is 0 Å². The van der Waals surface area contributed by atoms with Gasteiger partial charge in [0, 0.05) is 16.7 Å². The number of fused-ring (bicyclic) bond motifs is 1. The molecule has 0 fully saturated rings. The van der Waals surface area contributed by atoms with E-state index in [0.717, 1.165) is 22.1 Å². The maximum absolute atomic E-state index is 13.0. The van der Waals surface area contributed by atoms with Crippen LogP contribution in [0.25, 0.3) is 10.9 Å². The van der Waals surface area contributed by atoms with Gasteiger partial charge < -0.3 is 5.32 Å². The molecule has 0 aliphatic heterocycles. The van der Waals surface area contributed by atoms with E-state index >= 15 is 0 Å².